The second kappa shape index (κ2) is 4.84. The van der Waals surface area contributed by atoms with Gasteiger partial charge in [-0.3, -0.25) is 0 Å². The molecule has 0 saturated carbocycles. The number of fused-ring (bicyclic) bond motifs is 1. The van der Waals surface area contributed by atoms with Gasteiger partial charge in [0.05, 0.1) is 5.52 Å². The molecule has 5 heteroatoms. The van der Waals surface area contributed by atoms with E-state index in [0.29, 0.717) is 23.1 Å². The number of alkyl halides is 3. The van der Waals surface area contributed by atoms with E-state index in [1.54, 1.807) is 24.3 Å². The highest BCUT2D eigenvalue weighted by atomic mass is 19.4. The van der Waals surface area contributed by atoms with Gasteiger partial charge in [0, 0.05) is 17.6 Å². The van der Waals surface area contributed by atoms with Gasteiger partial charge in [-0.15, -0.1) is 0 Å². The smallest absolute Gasteiger partial charge is 0.384 e. The lowest BCUT2D eigenvalue weighted by atomic mass is 10.1. The summed E-state index contributed by atoms with van der Waals surface area (Å²) >= 11 is 0. The Morgan fingerprint density at radius 2 is 1.94 bits per heavy atom. The molecule has 1 N–H and O–H groups in total. The zero-order valence-corrected chi connectivity index (χ0v) is 9.88. The quantitative estimate of drug-likeness (QED) is 0.892. The Kier molecular flexibility index (Phi) is 3.41. The maximum Gasteiger partial charge on any atom is 0.433 e. The van der Waals surface area contributed by atoms with Crippen molar-refractivity contribution in [1.29, 1.82) is 0 Å². The minimum absolute atomic E-state index is 0.353. The molecule has 18 heavy (non-hydrogen) atoms. The number of nitrogens with zero attached hydrogens (tertiary/aromatic N) is 1. The van der Waals surface area contributed by atoms with E-state index < -0.39 is 11.9 Å². The monoisotopic (exact) mass is 254 g/mol. The van der Waals surface area contributed by atoms with E-state index in [1.165, 1.54) is 0 Å². The third-order valence-electron chi connectivity index (χ3n) is 2.57. The molecule has 0 aliphatic heterocycles. The minimum atomic E-state index is -4.42. The van der Waals surface area contributed by atoms with Crippen LogP contribution >= 0.6 is 0 Å². The lowest BCUT2D eigenvalue weighted by molar-refractivity contribution is -0.140. The van der Waals surface area contributed by atoms with Gasteiger partial charge < -0.3 is 5.32 Å². The molecule has 0 spiro atoms. The van der Waals surface area contributed by atoms with Crippen LogP contribution in [0.4, 0.5) is 18.9 Å². The maximum absolute atomic E-state index is 12.7. The number of hydrogen-bond acceptors (Lipinski definition) is 2. The highest BCUT2D eigenvalue weighted by Gasteiger charge is 2.33. The van der Waals surface area contributed by atoms with Gasteiger partial charge >= 0.3 is 6.18 Å². The van der Waals surface area contributed by atoms with Crippen LogP contribution in [0.2, 0.25) is 0 Å². The van der Waals surface area contributed by atoms with E-state index >= 15 is 0 Å². The average Bonchev–Trinajstić information content (AvgIpc) is 2.34. The van der Waals surface area contributed by atoms with E-state index in [1.807, 2.05) is 6.92 Å². The summed E-state index contributed by atoms with van der Waals surface area (Å²) < 4.78 is 38.2. The fraction of sp³-hybridized carbons (Fsp3) is 0.308. The second-order valence-electron chi connectivity index (χ2n) is 4.00. The summed E-state index contributed by atoms with van der Waals surface area (Å²) in [6, 6.07) is 7.88. The molecule has 2 aromatic rings. The molecule has 0 saturated heterocycles. The minimum Gasteiger partial charge on any atom is -0.384 e. The molecule has 0 radical (unpaired) electrons. The Morgan fingerprint density at radius 1 is 1.22 bits per heavy atom. The van der Waals surface area contributed by atoms with Gasteiger partial charge in [-0.05, 0) is 18.6 Å². The number of aromatic nitrogens is 1. The molecule has 1 heterocycles. The van der Waals surface area contributed by atoms with Gasteiger partial charge in [0.1, 0.15) is 5.69 Å². The summed E-state index contributed by atoms with van der Waals surface area (Å²) in [5, 5.41) is 3.72. The van der Waals surface area contributed by atoms with Crippen molar-refractivity contribution < 1.29 is 13.2 Å². The SMILES string of the molecule is CCCNc1cc(C(F)(F)F)nc2ccccc12. The third-order valence-corrected chi connectivity index (χ3v) is 2.57. The first-order valence-electron chi connectivity index (χ1n) is 5.73. The molecule has 0 unspecified atom stereocenters. The van der Waals surface area contributed by atoms with Crippen molar-refractivity contribution in [3.63, 3.8) is 0 Å². The largest absolute Gasteiger partial charge is 0.433 e. The lowest BCUT2D eigenvalue weighted by Gasteiger charge is -2.12. The van der Waals surface area contributed by atoms with E-state index in [4.69, 9.17) is 0 Å². The Balaban J connectivity index is 2.57. The molecule has 1 aromatic heterocycles. The standard InChI is InChI=1S/C13H13F3N2/c1-2-7-17-11-8-12(13(14,15)16)18-10-6-4-3-5-9(10)11/h3-6,8H,2,7H2,1H3,(H,17,18). The van der Waals surface area contributed by atoms with Crippen molar-refractivity contribution in [3.8, 4) is 0 Å². The van der Waals surface area contributed by atoms with Crippen LogP contribution in [0.5, 0.6) is 0 Å². The van der Waals surface area contributed by atoms with Gasteiger partial charge in [0.2, 0.25) is 0 Å². The normalized spacial score (nSPS) is 11.8. The molecule has 0 aliphatic carbocycles. The van der Waals surface area contributed by atoms with E-state index in [9.17, 15) is 13.2 Å². The first kappa shape index (κ1) is 12.7. The number of anilines is 1. The summed E-state index contributed by atoms with van der Waals surface area (Å²) in [5.74, 6) is 0. The van der Waals surface area contributed by atoms with Crippen LogP contribution in [-0.4, -0.2) is 11.5 Å². The number of nitrogens with one attached hydrogen (secondary N) is 1. The van der Waals surface area contributed by atoms with Crippen molar-refractivity contribution in [2.24, 2.45) is 0 Å². The first-order valence-corrected chi connectivity index (χ1v) is 5.73. The molecule has 2 rings (SSSR count). The molecule has 96 valence electrons. The molecular weight excluding hydrogens is 241 g/mol. The number of benzene rings is 1. The van der Waals surface area contributed by atoms with Crippen LogP contribution in [0.3, 0.4) is 0 Å². The van der Waals surface area contributed by atoms with E-state index in [2.05, 4.69) is 10.3 Å². The Hall–Kier alpha value is -1.78. The number of para-hydroxylation sites is 1. The predicted molar refractivity (Wildman–Crippen MR) is 65.5 cm³/mol. The summed E-state index contributed by atoms with van der Waals surface area (Å²) in [6.45, 7) is 2.59. The molecule has 0 bridgehead atoms. The Morgan fingerprint density at radius 3 is 2.61 bits per heavy atom. The molecule has 0 atom stereocenters. The van der Waals surface area contributed by atoms with Crippen molar-refractivity contribution >= 4 is 16.6 Å². The van der Waals surface area contributed by atoms with Crippen LogP contribution in [0.15, 0.2) is 30.3 Å². The van der Waals surface area contributed by atoms with Crippen LogP contribution in [-0.2, 0) is 6.18 Å². The highest BCUT2D eigenvalue weighted by molar-refractivity contribution is 5.91. The Bertz CT molecular complexity index is 549. The summed E-state index contributed by atoms with van der Waals surface area (Å²) in [7, 11) is 0. The predicted octanol–water partition coefficient (Wildman–Crippen LogP) is 4.08. The fourth-order valence-electron chi connectivity index (χ4n) is 1.73. The van der Waals surface area contributed by atoms with Crippen LogP contribution in [0.25, 0.3) is 10.9 Å². The average molecular weight is 254 g/mol. The van der Waals surface area contributed by atoms with E-state index in [-0.39, 0.29) is 0 Å². The van der Waals surface area contributed by atoms with Gasteiger partial charge in [-0.1, -0.05) is 25.1 Å². The molecule has 2 nitrogen and oxygen atoms in total. The van der Waals surface area contributed by atoms with Crippen molar-refractivity contribution in [2.45, 2.75) is 19.5 Å². The van der Waals surface area contributed by atoms with Gasteiger partial charge in [-0.2, -0.15) is 13.2 Å². The number of rotatable bonds is 3. The fourth-order valence-corrected chi connectivity index (χ4v) is 1.73. The number of pyridine rings is 1. The molecule has 1 aromatic carbocycles. The summed E-state index contributed by atoms with van der Waals surface area (Å²) in [6.07, 6.45) is -3.58. The summed E-state index contributed by atoms with van der Waals surface area (Å²) in [4.78, 5) is 3.65. The zero-order chi connectivity index (χ0) is 13.2. The van der Waals surface area contributed by atoms with Crippen LogP contribution in [0, 0.1) is 0 Å². The van der Waals surface area contributed by atoms with Gasteiger partial charge in [-0.25, -0.2) is 4.98 Å². The lowest BCUT2D eigenvalue weighted by Crippen LogP contribution is -2.10. The summed E-state index contributed by atoms with van der Waals surface area (Å²) in [5.41, 5.74) is -0.0273. The van der Waals surface area contributed by atoms with Crippen LogP contribution < -0.4 is 5.32 Å². The molecule has 0 aliphatic rings. The topological polar surface area (TPSA) is 24.9 Å². The maximum atomic E-state index is 12.7. The molecular formula is C13H13F3N2. The van der Waals surface area contributed by atoms with E-state index in [0.717, 1.165) is 12.5 Å². The highest BCUT2D eigenvalue weighted by Crippen LogP contribution is 2.32. The van der Waals surface area contributed by atoms with Crippen molar-refractivity contribution in [2.75, 3.05) is 11.9 Å². The number of hydrogen-bond donors (Lipinski definition) is 1. The zero-order valence-electron chi connectivity index (χ0n) is 9.88. The van der Waals surface area contributed by atoms with Crippen molar-refractivity contribution in [3.05, 3.63) is 36.0 Å². The van der Waals surface area contributed by atoms with Crippen LogP contribution in [0.1, 0.15) is 19.0 Å². The second-order valence-corrected chi connectivity index (χ2v) is 4.00. The number of halogens is 3. The Labute approximate surface area is 103 Å². The van der Waals surface area contributed by atoms with Gasteiger partial charge in [0.15, 0.2) is 0 Å². The van der Waals surface area contributed by atoms with Gasteiger partial charge in [0.25, 0.3) is 0 Å². The first-order chi connectivity index (χ1) is 8.52. The third kappa shape index (κ3) is 2.55. The molecule has 0 amide bonds. The van der Waals surface area contributed by atoms with Crippen molar-refractivity contribution in [1.82, 2.24) is 4.98 Å². The molecule has 0 fully saturated rings.